The minimum absolute atomic E-state index is 0.0640. The molecule has 0 aromatic carbocycles. The number of nitrogens with one attached hydrogen (secondary N) is 1. The van der Waals surface area contributed by atoms with Gasteiger partial charge in [-0.05, 0) is 6.42 Å². The molecule has 6 heteroatoms. The third kappa shape index (κ3) is 3.02. The predicted octanol–water partition coefficient (Wildman–Crippen LogP) is 1.23. The van der Waals surface area contributed by atoms with Gasteiger partial charge in [-0.2, -0.15) is 0 Å². The van der Waals surface area contributed by atoms with Crippen LogP contribution in [-0.4, -0.2) is 16.8 Å². The van der Waals surface area contributed by atoms with Gasteiger partial charge in [0.1, 0.15) is 4.88 Å². The number of hydrogen-bond donors (Lipinski definition) is 2. The molecule has 0 aliphatic carbocycles. The number of carbonyl (C=O) groups excluding carboxylic acids is 2. The number of primary amides is 1. The van der Waals surface area contributed by atoms with E-state index in [9.17, 15) is 9.59 Å². The SMILES string of the molecule is CCC(C)C(=O)Nc1ncc(C(N)=O)s1. The first-order valence-electron chi connectivity index (χ1n) is 4.61. The van der Waals surface area contributed by atoms with E-state index in [2.05, 4.69) is 10.3 Å². The van der Waals surface area contributed by atoms with Crippen molar-refractivity contribution in [3.8, 4) is 0 Å². The Morgan fingerprint density at radius 2 is 2.33 bits per heavy atom. The average Bonchev–Trinajstić information content (AvgIpc) is 2.65. The Balaban J connectivity index is 2.65. The summed E-state index contributed by atoms with van der Waals surface area (Å²) in [4.78, 5) is 26.5. The normalized spacial score (nSPS) is 12.1. The van der Waals surface area contributed by atoms with Crippen molar-refractivity contribution in [1.29, 1.82) is 0 Å². The fourth-order valence-electron chi connectivity index (χ4n) is 0.860. The Labute approximate surface area is 91.7 Å². The highest BCUT2D eigenvalue weighted by molar-refractivity contribution is 7.17. The first kappa shape index (κ1) is 11.6. The molecule has 3 N–H and O–H groups in total. The number of hydrogen-bond acceptors (Lipinski definition) is 4. The molecule has 5 nitrogen and oxygen atoms in total. The van der Waals surface area contributed by atoms with Gasteiger partial charge in [0.25, 0.3) is 5.91 Å². The lowest BCUT2D eigenvalue weighted by Crippen LogP contribution is -2.19. The van der Waals surface area contributed by atoms with Gasteiger partial charge in [-0.3, -0.25) is 9.59 Å². The van der Waals surface area contributed by atoms with Crippen LogP contribution in [-0.2, 0) is 4.79 Å². The number of anilines is 1. The Kier molecular flexibility index (Phi) is 3.79. The van der Waals surface area contributed by atoms with Crippen LogP contribution in [0.2, 0.25) is 0 Å². The number of rotatable bonds is 4. The van der Waals surface area contributed by atoms with Gasteiger partial charge in [-0.1, -0.05) is 25.2 Å². The van der Waals surface area contributed by atoms with Crippen LogP contribution in [0, 0.1) is 5.92 Å². The van der Waals surface area contributed by atoms with Crippen molar-refractivity contribution in [2.24, 2.45) is 11.7 Å². The van der Waals surface area contributed by atoms with E-state index in [0.717, 1.165) is 17.8 Å². The van der Waals surface area contributed by atoms with Gasteiger partial charge in [0.2, 0.25) is 5.91 Å². The quantitative estimate of drug-likeness (QED) is 0.811. The van der Waals surface area contributed by atoms with E-state index in [-0.39, 0.29) is 11.8 Å². The van der Waals surface area contributed by atoms with Gasteiger partial charge in [0.05, 0.1) is 6.20 Å². The van der Waals surface area contributed by atoms with Crippen LogP contribution < -0.4 is 11.1 Å². The fraction of sp³-hybridized carbons (Fsp3) is 0.444. The molecular weight excluding hydrogens is 214 g/mol. The summed E-state index contributed by atoms with van der Waals surface area (Å²) in [6.07, 6.45) is 2.12. The molecule has 0 fully saturated rings. The predicted molar refractivity (Wildman–Crippen MR) is 58.7 cm³/mol. The second-order valence-electron chi connectivity index (χ2n) is 3.19. The summed E-state index contributed by atoms with van der Waals surface area (Å²) < 4.78 is 0. The van der Waals surface area contributed by atoms with Crippen molar-refractivity contribution in [1.82, 2.24) is 4.98 Å². The highest BCUT2D eigenvalue weighted by atomic mass is 32.1. The molecular formula is C9H13N3O2S. The fourth-order valence-corrected chi connectivity index (χ4v) is 1.53. The molecule has 0 aliphatic rings. The van der Waals surface area contributed by atoms with E-state index in [1.807, 2.05) is 13.8 Å². The topological polar surface area (TPSA) is 85.1 Å². The van der Waals surface area contributed by atoms with E-state index >= 15 is 0 Å². The molecule has 0 spiro atoms. The van der Waals surface area contributed by atoms with Gasteiger partial charge >= 0.3 is 0 Å². The third-order valence-corrected chi connectivity index (χ3v) is 2.97. The molecule has 1 rings (SSSR count). The highest BCUT2D eigenvalue weighted by Gasteiger charge is 2.13. The van der Waals surface area contributed by atoms with Crippen LogP contribution in [0.1, 0.15) is 29.9 Å². The summed E-state index contributed by atoms with van der Waals surface area (Å²) in [5.41, 5.74) is 5.06. The number of nitrogens with two attached hydrogens (primary N) is 1. The van der Waals surface area contributed by atoms with Crippen molar-refractivity contribution in [3.63, 3.8) is 0 Å². The molecule has 1 aromatic rings. The van der Waals surface area contributed by atoms with E-state index < -0.39 is 5.91 Å². The monoisotopic (exact) mass is 227 g/mol. The second kappa shape index (κ2) is 4.88. The molecule has 0 saturated heterocycles. The number of amides is 2. The molecule has 1 atom stereocenters. The van der Waals surface area contributed by atoms with Crippen molar-refractivity contribution in [3.05, 3.63) is 11.1 Å². The zero-order valence-electron chi connectivity index (χ0n) is 8.61. The van der Waals surface area contributed by atoms with Gasteiger partial charge in [-0.15, -0.1) is 0 Å². The zero-order chi connectivity index (χ0) is 11.4. The van der Waals surface area contributed by atoms with Crippen molar-refractivity contribution in [2.75, 3.05) is 5.32 Å². The van der Waals surface area contributed by atoms with Gasteiger partial charge in [0.15, 0.2) is 5.13 Å². The molecule has 1 unspecified atom stereocenters. The maximum absolute atomic E-state index is 11.5. The summed E-state index contributed by atoms with van der Waals surface area (Å²) in [6, 6.07) is 0. The van der Waals surface area contributed by atoms with Crippen LogP contribution >= 0.6 is 11.3 Å². The molecule has 0 aliphatic heterocycles. The summed E-state index contributed by atoms with van der Waals surface area (Å²) in [5.74, 6) is -0.690. The largest absolute Gasteiger partial charge is 0.365 e. The van der Waals surface area contributed by atoms with Crippen LogP contribution in [0.4, 0.5) is 5.13 Å². The maximum atomic E-state index is 11.5. The molecule has 1 aromatic heterocycles. The minimum atomic E-state index is -0.531. The Morgan fingerprint density at radius 1 is 1.67 bits per heavy atom. The first-order chi connectivity index (χ1) is 7.04. The molecule has 82 valence electrons. The van der Waals surface area contributed by atoms with Crippen LogP contribution in [0.3, 0.4) is 0 Å². The van der Waals surface area contributed by atoms with Crippen molar-refractivity contribution < 1.29 is 9.59 Å². The van der Waals surface area contributed by atoms with Crippen LogP contribution in [0.25, 0.3) is 0 Å². The Morgan fingerprint density at radius 3 is 2.80 bits per heavy atom. The molecule has 2 amide bonds. The lowest BCUT2D eigenvalue weighted by Gasteiger charge is -2.06. The number of thiazole rings is 1. The molecule has 0 bridgehead atoms. The second-order valence-corrected chi connectivity index (χ2v) is 4.22. The summed E-state index contributed by atoms with van der Waals surface area (Å²) in [6.45, 7) is 3.76. The standard InChI is InChI=1S/C9H13N3O2S/c1-3-5(2)8(14)12-9-11-4-6(15-9)7(10)13/h4-5H,3H2,1-2H3,(H2,10,13)(H,11,12,14). The van der Waals surface area contributed by atoms with Gasteiger partial charge < -0.3 is 11.1 Å². The van der Waals surface area contributed by atoms with Crippen molar-refractivity contribution in [2.45, 2.75) is 20.3 Å². The number of aromatic nitrogens is 1. The summed E-state index contributed by atoms with van der Waals surface area (Å²) in [5, 5.41) is 3.04. The van der Waals surface area contributed by atoms with E-state index in [1.54, 1.807) is 0 Å². The van der Waals surface area contributed by atoms with Gasteiger partial charge in [0, 0.05) is 5.92 Å². The molecule has 1 heterocycles. The molecule has 0 saturated carbocycles. The van der Waals surface area contributed by atoms with Crippen molar-refractivity contribution >= 4 is 28.3 Å². The maximum Gasteiger partial charge on any atom is 0.260 e. The summed E-state index contributed by atoms with van der Waals surface area (Å²) in [7, 11) is 0. The van der Waals surface area contributed by atoms with E-state index in [0.29, 0.717) is 10.0 Å². The third-order valence-electron chi connectivity index (χ3n) is 2.04. The lowest BCUT2D eigenvalue weighted by atomic mass is 10.1. The minimum Gasteiger partial charge on any atom is -0.365 e. The number of nitrogens with zero attached hydrogens (tertiary/aromatic N) is 1. The van der Waals surface area contributed by atoms with Crippen LogP contribution in [0.15, 0.2) is 6.20 Å². The Bertz CT molecular complexity index is 375. The molecule has 0 radical (unpaired) electrons. The average molecular weight is 227 g/mol. The Hall–Kier alpha value is -1.43. The van der Waals surface area contributed by atoms with E-state index in [4.69, 9.17) is 5.73 Å². The van der Waals surface area contributed by atoms with Gasteiger partial charge in [-0.25, -0.2) is 4.98 Å². The smallest absolute Gasteiger partial charge is 0.260 e. The number of carbonyl (C=O) groups is 2. The van der Waals surface area contributed by atoms with Crippen LogP contribution in [0.5, 0.6) is 0 Å². The first-order valence-corrected chi connectivity index (χ1v) is 5.42. The van der Waals surface area contributed by atoms with E-state index in [1.165, 1.54) is 6.20 Å². The zero-order valence-corrected chi connectivity index (χ0v) is 9.43. The highest BCUT2D eigenvalue weighted by Crippen LogP contribution is 2.18. The lowest BCUT2D eigenvalue weighted by molar-refractivity contribution is -0.119. The summed E-state index contributed by atoms with van der Waals surface area (Å²) >= 11 is 1.08. The molecule has 15 heavy (non-hydrogen) atoms.